The molecule has 0 bridgehead atoms. The zero-order valence-corrected chi connectivity index (χ0v) is 22.7. The van der Waals surface area contributed by atoms with E-state index in [1.54, 1.807) is 25.2 Å². The number of rotatable bonds is 13. The lowest BCUT2D eigenvalue weighted by atomic mass is 10.0. The Morgan fingerprint density at radius 2 is 1.95 bits per heavy atom. The van der Waals surface area contributed by atoms with E-state index in [9.17, 15) is 4.79 Å². The van der Waals surface area contributed by atoms with Crippen LogP contribution in [0.15, 0.2) is 76.1 Å². The molecule has 0 radical (unpaired) electrons. The van der Waals surface area contributed by atoms with Crippen molar-refractivity contribution in [1.29, 1.82) is 0 Å². The van der Waals surface area contributed by atoms with Crippen LogP contribution in [-0.2, 0) is 24.4 Å². The van der Waals surface area contributed by atoms with Gasteiger partial charge in [-0.2, -0.15) is 0 Å². The van der Waals surface area contributed by atoms with Gasteiger partial charge in [-0.05, 0) is 71.4 Å². The van der Waals surface area contributed by atoms with E-state index >= 15 is 0 Å². The Labute approximate surface area is 231 Å². The van der Waals surface area contributed by atoms with Gasteiger partial charge in [-0.15, -0.1) is 5.10 Å². The molecule has 0 saturated heterocycles. The van der Waals surface area contributed by atoms with Crippen LogP contribution in [-0.4, -0.2) is 57.5 Å². The number of hydrogen-bond acceptors (Lipinski definition) is 9. The fraction of sp³-hybridized carbons (Fsp3) is 0.310. The summed E-state index contributed by atoms with van der Waals surface area (Å²) in [6, 6.07) is 18.4. The third-order valence-corrected chi connectivity index (χ3v) is 6.59. The molecule has 0 aliphatic rings. The molecule has 208 valence electrons. The monoisotopic (exact) mass is 544 g/mol. The van der Waals surface area contributed by atoms with E-state index in [0.29, 0.717) is 49.8 Å². The standard InChI is InChI=1S/C29H32N6O5/c1-4-39-23-10-11-26-21(16-23)17-25(29(36)30-26)27(28-31-32-33-35(28)12-14-37-2)34(19-24-9-6-13-40-24)18-20-7-5-8-22(15-20)38-3/h5-11,13,15-17,27H,4,12,14,18-19H2,1-3H3,(H,30,36)/t27-/m0/s1. The highest BCUT2D eigenvalue weighted by molar-refractivity contribution is 5.80. The van der Waals surface area contributed by atoms with Crippen molar-refractivity contribution in [3.8, 4) is 11.5 Å². The number of pyridine rings is 1. The molecule has 0 fully saturated rings. The van der Waals surface area contributed by atoms with Crippen LogP contribution in [0.2, 0.25) is 0 Å². The smallest absolute Gasteiger partial charge is 0.253 e. The number of tetrazole rings is 1. The van der Waals surface area contributed by atoms with Crippen molar-refractivity contribution in [2.45, 2.75) is 32.6 Å². The molecule has 0 aliphatic heterocycles. The minimum Gasteiger partial charge on any atom is -0.497 e. The molecule has 0 spiro atoms. The number of H-pyrrole nitrogens is 1. The lowest BCUT2D eigenvalue weighted by Crippen LogP contribution is -2.35. The number of hydrogen-bond donors (Lipinski definition) is 1. The molecule has 5 rings (SSSR count). The lowest BCUT2D eigenvalue weighted by molar-refractivity contribution is 0.163. The van der Waals surface area contributed by atoms with Crippen molar-refractivity contribution in [1.82, 2.24) is 30.1 Å². The fourth-order valence-corrected chi connectivity index (χ4v) is 4.75. The number of furan rings is 1. The van der Waals surface area contributed by atoms with Gasteiger partial charge in [-0.1, -0.05) is 12.1 Å². The van der Waals surface area contributed by atoms with Gasteiger partial charge in [-0.25, -0.2) is 4.68 Å². The van der Waals surface area contributed by atoms with Crippen LogP contribution in [0.25, 0.3) is 10.9 Å². The Hall–Kier alpha value is -4.48. The molecule has 0 aliphatic carbocycles. The number of methoxy groups -OCH3 is 2. The predicted molar refractivity (Wildman–Crippen MR) is 148 cm³/mol. The maximum Gasteiger partial charge on any atom is 0.253 e. The van der Waals surface area contributed by atoms with Crippen LogP contribution in [0.4, 0.5) is 0 Å². The summed E-state index contributed by atoms with van der Waals surface area (Å²) in [5.74, 6) is 2.71. The molecule has 1 atom stereocenters. The number of fused-ring (bicyclic) bond motifs is 1. The van der Waals surface area contributed by atoms with E-state index in [-0.39, 0.29) is 5.56 Å². The maximum absolute atomic E-state index is 13.7. The molecule has 0 saturated carbocycles. The first-order chi connectivity index (χ1) is 19.6. The number of nitrogens with zero attached hydrogens (tertiary/aromatic N) is 5. The maximum atomic E-state index is 13.7. The predicted octanol–water partition coefficient (Wildman–Crippen LogP) is 3.95. The lowest BCUT2D eigenvalue weighted by Gasteiger charge is -2.30. The van der Waals surface area contributed by atoms with Gasteiger partial charge in [0, 0.05) is 30.1 Å². The first-order valence-corrected chi connectivity index (χ1v) is 13.0. The molecular weight excluding hydrogens is 512 g/mol. The summed E-state index contributed by atoms with van der Waals surface area (Å²) in [4.78, 5) is 18.9. The molecule has 3 heterocycles. The van der Waals surface area contributed by atoms with E-state index in [4.69, 9.17) is 18.6 Å². The molecule has 40 heavy (non-hydrogen) atoms. The fourth-order valence-electron chi connectivity index (χ4n) is 4.75. The summed E-state index contributed by atoms with van der Waals surface area (Å²) in [5.41, 5.74) is 1.95. The van der Waals surface area contributed by atoms with Crippen LogP contribution in [0.3, 0.4) is 0 Å². The largest absolute Gasteiger partial charge is 0.497 e. The first-order valence-electron chi connectivity index (χ1n) is 13.0. The SMILES string of the molecule is CCOc1ccc2[nH]c(=O)c([C@@H](c3nnnn3CCOC)N(Cc3cccc(OC)c3)Cc3ccco3)cc2c1. The minimum atomic E-state index is -0.632. The van der Waals surface area contributed by atoms with Crippen molar-refractivity contribution in [2.24, 2.45) is 0 Å². The number of aromatic nitrogens is 5. The van der Waals surface area contributed by atoms with E-state index < -0.39 is 6.04 Å². The molecule has 1 N–H and O–H groups in total. The quantitative estimate of drug-likeness (QED) is 0.235. The number of ether oxygens (including phenoxy) is 3. The highest BCUT2D eigenvalue weighted by Crippen LogP contribution is 2.31. The highest BCUT2D eigenvalue weighted by atomic mass is 16.5. The van der Waals surface area contributed by atoms with Gasteiger partial charge >= 0.3 is 0 Å². The van der Waals surface area contributed by atoms with Crippen LogP contribution in [0, 0.1) is 0 Å². The van der Waals surface area contributed by atoms with Gasteiger partial charge in [0.2, 0.25) is 0 Å². The summed E-state index contributed by atoms with van der Waals surface area (Å²) in [6.45, 7) is 4.14. The summed E-state index contributed by atoms with van der Waals surface area (Å²) in [6.07, 6.45) is 1.63. The minimum absolute atomic E-state index is 0.238. The van der Waals surface area contributed by atoms with Crippen molar-refractivity contribution < 1.29 is 18.6 Å². The first kappa shape index (κ1) is 27.1. The second-order valence-electron chi connectivity index (χ2n) is 9.23. The van der Waals surface area contributed by atoms with Crippen LogP contribution in [0.1, 0.15) is 35.7 Å². The molecule has 11 nitrogen and oxygen atoms in total. The van der Waals surface area contributed by atoms with Gasteiger partial charge in [0.05, 0.1) is 39.7 Å². The topological polar surface area (TPSA) is 121 Å². The summed E-state index contributed by atoms with van der Waals surface area (Å²) >= 11 is 0. The van der Waals surface area contributed by atoms with Crippen molar-refractivity contribution in [3.63, 3.8) is 0 Å². The number of nitrogens with one attached hydrogen (secondary N) is 1. The summed E-state index contributed by atoms with van der Waals surface area (Å²) in [5, 5.41) is 13.4. The second kappa shape index (κ2) is 12.6. The third-order valence-electron chi connectivity index (χ3n) is 6.59. The van der Waals surface area contributed by atoms with Crippen LogP contribution in [0.5, 0.6) is 11.5 Å². The van der Waals surface area contributed by atoms with E-state index in [1.807, 2.05) is 67.6 Å². The Kier molecular flexibility index (Phi) is 8.53. The van der Waals surface area contributed by atoms with E-state index in [1.165, 1.54) is 0 Å². The second-order valence-corrected chi connectivity index (χ2v) is 9.23. The number of benzene rings is 2. The molecule has 0 unspecified atom stereocenters. The zero-order chi connectivity index (χ0) is 27.9. The Morgan fingerprint density at radius 3 is 2.73 bits per heavy atom. The average molecular weight is 545 g/mol. The molecule has 2 aromatic carbocycles. The molecular formula is C29H32N6O5. The average Bonchev–Trinajstić information content (AvgIpc) is 3.65. The van der Waals surface area contributed by atoms with Gasteiger partial charge in [0.25, 0.3) is 5.56 Å². The highest BCUT2D eigenvalue weighted by Gasteiger charge is 2.31. The van der Waals surface area contributed by atoms with Crippen molar-refractivity contribution >= 4 is 10.9 Å². The third kappa shape index (κ3) is 6.05. The van der Waals surface area contributed by atoms with Gasteiger partial charge in [0.1, 0.15) is 23.3 Å². The van der Waals surface area contributed by atoms with E-state index in [0.717, 1.165) is 28.2 Å². The number of aromatic amines is 1. The normalized spacial score (nSPS) is 12.2. The van der Waals surface area contributed by atoms with Gasteiger partial charge in [0.15, 0.2) is 5.82 Å². The van der Waals surface area contributed by atoms with Gasteiger partial charge < -0.3 is 23.6 Å². The summed E-state index contributed by atoms with van der Waals surface area (Å²) in [7, 11) is 3.26. The van der Waals surface area contributed by atoms with Crippen molar-refractivity contribution in [2.75, 3.05) is 27.4 Å². The van der Waals surface area contributed by atoms with Crippen LogP contribution >= 0.6 is 0 Å². The van der Waals surface area contributed by atoms with Crippen molar-refractivity contribution in [3.05, 3.63) is 100.0 Å². The Morgan fingerprint density at radius 1 is 1.05 bits per heavy atom. The van der Waals surface area contributed by atoms with Gasteiger partial charge in [-0.3, -0.25) is 9.69 Å². The molecule has 3 aromatic heterocycles. The Balaban J connectivity index is 1.68. The molecule has 5 aromatic rings. The Bertz CT molecular complexity index is 1600. The summed E-state index contributed by atoms with van der Waals surface area (Å²) < 4.78 is 23.9. The van der Waals surface area contributed by atoms with Crippen LogP contribution < -0.4 is 15.0 Å². The molecule has 0 amide bonds. The van der Waals surface area contributed by atoms with E-state index in [2.05, 4.69) is 25.4 Å². The zero-order valence-electron chi connectivity index (χ0n) is 22.7. The molecule has 11 heteroatoms.